The molecule has 2 aliphatic rings. The highest BCUT2D eigenvalue weighted by molar-refractivity contribution is 7.18. The Labute approximate surface area is 179 Å². The van der Waals surface area contributed by atoms with Gasteiger partial charge in [-0.15, -0.1) is 0 Å². The summed E-state index contributed by atoms with van der Waals surface area (Å²) in [7, 11) is 1.88. The van der Waals surface area contributed by atoms with Crippen LogP contribution in [0.15, 0.2) is 12.4 Å². The SMILES string of the molecule is Cc1nc2c(OC3CCC(N4CCOCC4)CC3)nc(Nc3cnn(C)c3)nc2s1. The Kier molecular flexibility index (Phi) is 5.53. The lowest BCUT2D eigenvalue weighted by Crippen LogP contribution is -2.46. The molecular formula is C20H27N7O2S. The van der Waals surface area contributed by atoms with Crippen LogP contribution < -0.4 is 10.1 Å². The summed E-state index contributed by atoms with van der Waals surface area (Å²) in [5.74, 6) is 1.08. The number of anilines is 2. The van der Waals surface area contributed by atoms with Crippen molar-refractivity contribution in [1.82, 2.24) is 29.6 Å². The fourth-order valence-electron chi connectivity index (χ4n) is 4.28. The van der Waals surface area contributed by atoms with Crippen molar-refractivity contribution in [2.45, 2.75) is 44.8 Å². The summed E-state index contributed by atoms with van der Waals surface area (Å²) in [5, 5.41) is 8.37. The minimum atomic E-state index is 0.161. The summed E-state index contributed by atoms with van der Waals surface area (Å²) in [5.41, 5.74) is 1.60. The fourth-order valence-corrected chi connectivity index (χ4v) is 5.06. The highest BCUT2D eigenvalue weighted by Crippen LogP contribution is 2.32. The third-order valence-electron chi connectivity index (χ3n) is 5.78. The van der Waals surface area contributed by atoms with E-state index >= 15 is 0 Å². The second-order valence-corrected chi connectivity index (χ2v) is 9.15. The molecule has 1 saturated heterocycles. The first kappa shape index (κ1) is 19.7. The largest absolute Gasteiger partial charge is 0.473 e. The number of fused-ring (bicyclic) bond motifs is 1. The standard InChI is InChI=1S/C20H27N7O2S/c1-13-22-17-18(24-20(25-19(17)30-13)23-14-11-21-26(2)12-14)29-16-5-3-15(4-6-16)27-7-9-28-10-8-27/h11-12,15-16H,3-10H2,1-2H3,(H,23,24,25). The van der Waals surface area contributed by atoms with Crippen LogP contribution in [0.3, 0.4) is 0 Å². The average Bonchev–Trinajstić information content (AvgIpc) is 3.34. The van der Waals surface area contributed by atoms with E-state index in [9.17, 15) is 0 Å². The third-order valence-corrected chi connectivity index (χ3v) is 6.64. The summed E-state index contributed by atoms with van der Waals surface area (Å²) >= 11 is 1.56. The molecule has 9 nitrogen and oxygen atoms in total. The quantitative estimate of drug-likeness (QED) is 0.662. The highest BCUT2D eigenvalue weighted by atomic mass is 32.1. The summed E-state index contributed by atoms with van der Waals surface area (Å²) < 4.78 is 13.6. The van der Waals surface area contributed by atoms with Gasteiger partial charge in [-0.2, -0.15) is 15.1 Å². The van der Waals surface area contributed by atoms with Crippen molar-refractivity contribution in [2.75, 3.05) is 31.6 Å². The van der Waals surface area contributed by atoms with E-state index in [0.717, 1.165) is 73.0 Å². The number of morpholine rings is 1. The van der Waals surface area contributed by atoms with Gasteiger partial charge in [-0.05, 0) is 32.6 Å². The Balaban J connectivity index is 1.31. The van der Waals surface area contributed by atoms with Crippen LogP contribution in [0.4, 0.5) is 11.6 Å². The first-order valence-corrected chi connectivity index (χ1v) is 11.3. The lowest BCUT2D eigenvalue weighted by atomic mass is 9.91. The van der Waals surface area contributed by atoms with Gasteiger partial charge >= 0.3 is 0 Å². The first-order valence-electron chi connectivity index (χ1n) is 10.5. The van der Waals surface area contributed by atoms with Gasteiger partial charge in [0.05, 0.1) is 30.1 Å². The number of aryl methyl sites for hydroxylation is 2. The van der Waals surface area contributed by atoms with Crippen LogP contribution in [0, 0.1) is 6.92 Å². The van der Waals surface area contributed by atoms with Crippen molar-refractivity contribution >= 4 is 33.3 Å². The predicted molar refractivity (Wildman–Crippen MR) is 116 cm³/mol. The molecule has 0 amide bonds. The Morgan fingerprint density at radius 3 is 2.67 bits per heavy atom. The zero-order valence-electron chi connectivity index (χ0n) is 17.4. The second kappa shape index (κ2) is 8.44. The van der Waals surface area contributed by atoms with Crippen LogP contribution in [-0.2, 0) is 11.8 Å². The molecule has 0 radical (unpaired) electrons. The van der Waals surface area contributed by atoms with E-state index in [-0.39, 0.29) is 6.10 Å². The van der Waals surface area contributed by atoms with Gasteiger partial charge in [0.15, 0.2) is 10.3 Å². The lowest BCUT2D eigenvalue weighted by molar-refractivity contribution is -0.00126. The van der Waals surface area contributed by atoms with E-state index in [4.69, 9.17) is 9.47 Å². The number of ether oxygens (including phenoxy) is 2. The van der Waals surface area contributed by atoms with E-state index in [1.54, 1.807) is 22.2 Å². The van der Waals surface area contributed by atoms with Crippen molar-refractivity contribution in [1.29, 1.82) is 0 Å². The molecule has 0 bridgehead atoms. The summed E-state index contributed by atoms with van der Waals surface area (Å²) in [6.07, 6.45) is 8.15. The van der Waals surface area contributed by atoms with Gasteiger partial charge in [0.25, 0.3) is 0 Å². The maximum Gasteiger partial charge on any atom is 0.246 e. The number of hydrogen-bond donors (Lipinski definition) is 1. The molecule has 0 atom stereocenters. The molecule has 3 aromatic rings. The maximum absolute atomic E-state index is 6.39. The Morgan fingerprint density at radius 1 is 1.13 bits per heavy atom. The number of thiazole rings is 1. The topological polar surface area (TPSA) is 90.2 Å². The number of nitrogens with one attached hydrogen (secondary N) is 1. The van der Waals surface area contributed by atoms with E-state index < -0.39 is 0 Å². The van der Waals surface area contributed by atoms with Crippen molar-refractivity contribution in [3.05, 3.63) is 17.4 Å². The predicted octanol–water partition coefficient (Wildman–Crippen LogP) is 2.89. The van der Waals surface area contributed by atoms with Gasteiger partial charge in [-0.3, -0.25) is 9.58 Å². The Hall–Kier alpha value is -2.30. The average molecular weight is 430 g/mol. The van der Waals surface area contributed by atoms with E-state index in [2.05, 4.69) is 30.3 Å². The van der Waals surface area contributed by atoms with Gasteiger partial charge in [0, 0.05) is 32.4 Å². The molecule has 3 aromatic heterocycles. The molecule has 4 heterocycles. The molecule has 5 rings (SSSR count). The molecule has 1 saturated carbocycles. The van der Waals surface area contributed by atoms with Crippen LogP contribution >= 0.6 is 11.3 Å². The van der Waals surface area contributed by atoms with Crippen molar-refractivity contribution in [3.63, 3.8) is 0 Å². The van der Waals surface area contributed by atoms with E-state index in [0.29, 0.717) is 17.9 Å². The van der Waals surface area contributed by atoms with Gasteiger partial charge in [0.1, 0.15) is 6.10 Å². The Morgan fingerprint density at radius 2 is 1.93 bits per heavy atom. The van der Waals surface area contributed by atoms with E-state index in [1.165, 1.54) is 0 Å². The summed E-state index contributed by atoms with van der Waals surface area (Å²) in [6.45, 7) is 5.78. The number of nitrogens with zero attached hydrogens (tertiary/aromatic N) is 6. The second-order valence-electron chi connectivity index (χ2n) is 7.96. The van der Waals surface area contributed by atoms with Crippen LogP contribution in [-0.4, -0.2) is 68.1 Å². The molecule has 0 spiro atoms. The number of aromatic nitrogens is 5. The molecule has 2 fully saturated rings. The van der Waals surface area contributed by atoms with E-state index in [1.807, 2.05) is 20.2 Å². The van der Waals surface area contributed by atoms with Crippen LogP contribution in [0.5, 0.6) is 5.88 Å². The lowest BCUT2D eigenvalue weighted by Gasteiger charge is -2.38. The first-order chi connectivity index (χ1) is 14.6. The smallest absolute Gasteiger partial charge is 0.246 e. The van der Waals surface area contributed by atoms with Gasteiger partial charge in [-0.1, -0.05) is 11.3 Å². The van der Waals surface area contributed by atoms with Crippen molar-refractivity contribution in [2.24, 2.45) is 7.05 Å². The molecule has 10 heteroatoms. The molecular weight excluding hydrogens is 402 g/mol. The maximum atomic E-state index is 6.39. The summed E-state index contributed by atoms with van der Waals surface area (Å²) in [6, 6.07) is 0.642. The molecule has 1 aliphatic carbocycles. The van der Waals surface area contributed by atoms with Crippen LogP contribution in [0.1, 0.15) is 30.7 Å². The molecule has 1 N–H and O–H groups in total. The fraction of sp³-hybridized carbons (Fsp3) is 0.600. The van der Waals surface area contributed by atoms with Crippen LogP contribution in [0.25, 0.3) is 10.3 Å². The third kappa shape index (κ3) is 4.26. The molecule has 1 aliphatic heterocycles. The molecule has 0 unspecified atom stereocenters. The molecule has 160 valence electrons. The van der Waals surface area contributed by atoms with Crippen molar-refractivity contribution < 1.29 is 9.47 Å². The Bertz CT molecular complexity index is 1010. The molecule has 0 aromatic carbocycles. The summed E-state index contributed by atoms with van der Waals surface area (Å²) in [4.78, 5) is 17.3. The molecule has 30 heavy (non-hydrogen) atoms. The zero-order valence-corrected chi connectivity index (χ0v) is 18.2. The number of rotatable bonds is 5. The monoisotopic (exact) mass is 429 g/mol. The van der Waals surface area contributed by atoms with Gasteiger partial charge in [0.2, 0.25) is 11.8 Å². The highest BCUT2D eigenvalue weighted by Gasteiger charge is 2.29. The minimum absolute atomic E-state index is 0.161. The van der Waals surface area contributed by atoms with Gasteiger partial charge < -0.3 is 14.8 Å². The number of hydrogen-bond acceptors (Lipinski definition) is 9. The normalized spacial score (nSPS) is 23.0. The zero-order chi connectivity index (χ0) is 20.5. The minimum Gasteiger partial charge on any atom is -0.473 e. The van der Waals surface area contributed by atoms with Crippen molar-refractivity contribution in [3.8, 4) is 5.88 Å². The van der Waals surface area contributed by atoms with Crippen LogP contribution in [0.2, 0.25) is 0 Å². The van der Waals surface area contributed by atoms with Gasteiger partial charge in [-0.25, -0.2) is 4.98 Å².